The van der Waals surface area contributed by atoms with Gasteiger partial charge >= 0.3 is 181 Å². The third-order valence-corrected chi connectivity index (χ3v) is 13.4. The molecule has 0 rings (SSSR count). The van der Waals surface area contributed by atoms with Crippen LogP contribution in [0.15, 0.2) is 0 Å². The molecule has 0 saturated heterocycles. The molecule has 0 aromatic heterocycles. The minimum absolute atomic E-state index is 1.01. The fourth-order valence-electron chi connectivity index (χ4n) is 5.52. The maximum atomic E-state index is 2.38. The summed E-state index contributed by atoms with van der Waals surface area (Å²) in [5.41, 5.74) is 0. The predicted octanol–water partition coefficient (Wildman–Crippen LogP) is 11.4. The van der Waals surface area contributed by atoms with Crippen molar-refractivity contribution in [1.82, 2.24) is 0 Å². The first-order chi connectivity index (χ1) is 15.2. The van der Waals surface area contributed by atoms with E-state index in [0.29, 0.717) is 0 Å². The van der Waals surface area contributed by atoms with E-state index in [1.54, 1.807) is 50.3 Å². The van der Waals surface area contributed by atoms with Gasteiger partial charge in [-0.15, -0.1) is 0 Å². The molecule has 0 heterocycles. The quantitative estimate of drug-likeness (QED) is 0.0896. The van der Waals surface area contributed by atoms with Gasteiger partial charge in [0.15, 0.2) is 0 Å². The zero-order valence-corrected chi connectivity index (χ0v) is 23.9. The van der Waals surface area contributed by atoms with Crippen LogP contribution >= 0.6 is 7.26 Å². The van der Waals surface area contributed by atoms with E-state index in [2.05, 4.69) is 27.7 Å². The predicted molar refractivity (Wildman–Crippen MR) is 152 cm³/mol. The van der Waals surface area contributed by atoms with E-state index in [9.17, 15) is 0 Å². The maximum absolute atomic E-state index is 2.38. The SMILES string of the molecule is CCCCCCCCCCCCCCC[PH](CCCCC)(CCCCC)CCCCC. The summed E-state index contributed by atoms with van der Waals surface area (Å²) in [7, 11) is -1.01. The van der Waals surface area contributed by atoms with Crippen LogP contribution in [0.3, 0.4) is 0 Å². The zero-order chi connectivity index (χ0) is 22.9. The van der Waals surface area contributed by atoms with Crippen LogP contribution in [0.1, 0.15) is 169 Å². The monoisotopic (exact) mass is 456 g/mol. The third kappa shape index (κ3) is 20.7. The first-order valence-electron chi connectivity index (χ1n) is 15.2. The van der Waals surface area contributed by atoms with Crippen LogP contribution in [-0.2, 0) is 0 Å². The van der Waals surface area contributed by atoms with Crippen molar-refractivity contribution in [3.05, 3.63) is 0 Å². The third-order valence-electron chi connectivity index (χ3n) is 7.74. The molecule has 31 heavy (non-hydrogen) atoms. The summed E-state index contributed by atoms with van der Waals surface area (Å²) in [4.78, 5) is 0. The second kappa shape index (κ2) is 25.1. The van der Waals surface area contributed by atoms with E-state index >= 15 is 0 Å². The Bertz CT molecular complexity index is 298. The Morgan fingerprint density at radius 2 is 0.452 bits per heavy atom. The Morgan fingerprint density at radius 1 is 0.258 bits per heavy atom. The second-order valence-corrected chi connectivity index (χ2v) is 15.9. The van der Waals surface area contributed by atoms with Gasteiger partial charge in [-0.2, -0.15) is 0 Å². The number of rotatable bonds is 26. The van der Waals surface area contributed by atoms with Gasteiger partial charge in [0.25, 0.3) is 0 Å². The van der Waals surface area contributed by atoms with E-state index in [-0.39, 0.29) is 0 Å². The summed E-state index contributed by atoms with van der Waals surface area (Å²) in [6.45, 7) is 9.45. The molecule has 0 aromatic rings. The zero-order valence-electron chi connectivity index (χ0n) is 22.9. The van der Waals surface area contributed by atoms with E-state index < -0.39 is 7.26 Å². The molecule has 0 aliphatic heterocycles. The van der Waals surface area contributed by atoms with Gasteiger partial charge in [-0.1, -0.05) is 19.8 Å². The molecule has 0 radical (unpaired) electrons. The molecule has 1 heteroatoms. The fourth-order valence-corrected chi connectivity index (χ4v) is 11.0. The molecular weight excluding hydrogens is 391 g/mol. The van der Waals surface area contributed by atoms with Gasteiger partial charge in [0.1, 0.15) is 0 Å². The molecule has 0 N–H and O–H groups in total. The molecule has 0 saturated carbocycles. The summed E-state index contributed by atoms with van der Waals surface area (Å²) in [6.07, 6.45) is 39.3. The van der Waals surface area contributed by atoms with E-state index in [1.807, 2.05) is 0 Å². The van der Waals surface area contributed by atoms with Gasteiger partial charge in [-0.25, -0.2) is 0 Å². The molecule has 0 atom stereocenters. The van der Waals surface area contributed by atoms with E-state index in [0.717, 1.165) is 0 Å². The van der Waals surface area contributed by atoms with Crippen LogP contribution in [0.2, 0.25) is 0 Å². The van der Waals surface area contributed by atoms with Crippen LogP contribution < -0.4 is 0 Å². The fraction of sp³-hybridized carbons (Fsp3) is 1.00. The van der Waals surface area contributed by atoms with Gasteiger partial charge < -0.3 is 0 Å². The normalized spacial score (nSPS) is 12.5. The Morgan fingerprint density at radius 3 is 0.742 bits per heavy atom. The molecule has 0 aromatic carbocycles. The average molecular weight is 457 g/mol. The van der Waals surface area contributed by atoms with Gasteiger partial charge in [-0.3, -0.25) is 0 Å². The molecule has 0 nitrogen and oxygen atoms in total. The standard InChI is InChI=1S/C30H65P/c1-5-9-13-14-15-16-17-18-19-20-21-22-26-30-31(27-23-10-6-2,28-24-11-7-3)29-25-12-8-4/h31H,5-30H2,1-4H3. The average Bonchev–Trinajstić information content (AvgIpc) is 2.77. The first-order valence-corrected chi connectivity index (χ1v) is 18.1. The molecule has 0 aliphatic carbocycles. The summed E-state index contributed by atoms with van der Waals surface area (Å²) >= 11 is 0. The van der Waals surface area contributed by atoms with Crippen LogP contribution in [0.25, 0.3) is 0 Å². The van der Waals surface area contributed by atoms with Crippen LogP contribution in [0.4, 0.5) is 0 Å². The Hall–Kier alpha value is 0.430. The van der Waals surface area contributed by atoms with Crippen molar-refractivity contribution >= 4 is 7.26 Å². The molecule has 0 unspecified atom stereocenters. The van der Waals surface area contributed by atoms with Crippen molar-refractivity contribution in [2.75, 3.05) is 24.6 Å². The van der Waals surface area contributed by atoms with E-state index in [4.69, 9.17) is 0 Å². The number of hydrogen-bond acceptors (Lipinski definition) is 0. The Kier molecular flexibility index (Phi) is 25.4. The van der Waals surface area contributed by atoms with Crippen molar-refractivity contribution < 1.29 is 0 Å². The van der Waals surface area contributed by atoms with Gasteiger partial charge in [0.05, 0.1) is 0 Å². The van der Waals surface area contributed by atoms with Crippen LogP contribution in [0.5, 0.6) is 0 Å². The van der Waals surface area contributed by atoms with Crippen molar-refractivity contribution in [1.29, 1.82) is 0 Å². The Balaban J connectivity index is 4.08. The van der Waals surface area contributed by atoms with Crippen molar-refractivity contribution in [2.24, 2.45) is 0 Å². The van der Waals surface area contributed by atoms with Crippen LogP contribution in [0, 0.1) is 0 Å². The van der Waals surface area contributed by atoms with Crippen molar-refractivity contribution in [3.63, 3.8) is 0 Å². The summed E-state index contributed by atoms with van der Waals surface area (Å²) in [6, 6.07) is 0. The van der Waals surface area contributed by atoms with Crippen molar-refractivity contribution in [3.8, 4) is 0 Å². The van der Waals surface area contributed by atoms with Gasteiger partial charge in [-0.05, 0) is 0 Å². The molecule has 0 bridgehead atoms. The van der Waals surface area contributed by atoms with E-state index in [1.165, 1.54) is 116 Å². The van der Waals surface area contributed by atoms with Gasteiger partial charge in [0, 0.05) is 0 Å². The molecule has 190 valence electrons. The summed E-state index contributed by atoms with van der Waals surface area (Å²) in [5.74, 6) is 0. The topological polar surface area (TPSA) is 0 Å². The molecular formula is C30H65P. The number of unbranched alkanes of at least 4 members (excludes halogenated alkanes) is 18. The summed E-state index contributed by atoms with van der Waals surface area (Å²) < 4.78 is 0. The Labute approximate surface area is 200 Å². The second-order valence-electron chi connectivity index (χ2n) is 10.9. The molecule has 0 amide bonds. The molecule has 0 aliphatic rings. The minimum atomic E-state index is -1.01. The molecule has 0 fully saturated rings. The molecule has 0 spiro atoms. The summed E-state index contributed by atoms with van der Waals surface area (Å²) in [5, 5.41) is 0. The van der Waals surface area contributed by atoms with Crippen molar-refractivity contribution in [2.45, 2.75) is 169 Å². The van der Waals surface area contributed by atoms with Gasteiger partial charge in [0.2, 0.25) is 0 Å². The number of hydrogen-bond donors (Lipinski definition) is 0. The first kappa shape index (κ1) is 31.4. The van der Waals surface area contributed by atoms with Crippen LogP contribution in [-0.4, -0.2) is 24.6 Å².